The van der Waals surface area contributed by atoms with Gasteiger partial charge in [-0.1, -0.05) is 26.2 Å². The van der Waals surface area contributed by atoms with E-state index in [1.165, 1.54) is 70.6 Å². The minimum Gasteiger partial charge on any atom is -0.337 e. The number of carbonyl (C=O) groups is 1. The summed E-state index contributed by atoms with van der Waals surface area (Å²) in [6.07, 6.45) is 15.2. The molecule has 20 heavy (non-hydrogen) atoms. The van der Waals surface area contributed by atoms with Gasteiger partial charge in [0.2, 0.25) is 5.91 Å². The first-order valence-electron chi connectivity index (χ1n) is 9.09. The van der Waals surface area contributed by atoms with E-state index < -0.39 is 0 Å². The van der Waals surface area contributed by atoms with E-state index in [1.54, 1.807) is 0 Å². The molecule has 0 aliphatic heterocycles. The average Bonchev–Trinajstić information content (AvgIpc) is 3.16. The normalized spacial score (nSPS) is 31.4. The summed E-state index contributed by atoms with van der Waals surface area (Å²) in [5.41, 5.74) is 0. The third kappa shape index (κ3) is 3.38. The summed E-state index contributed by atoms with van der Waals surface area (Å²) in [5.74, 6) is 2.13. The van der Waals surface area contributed by atoms with Crippen molar-refractivity contribution in [2.24, 2.45) is 11.8 Å². The Morgan fingerprint density at radius 3 is 1.90 bits per heavy atom. The third-order valence-corrected chi connectivity index (χ3v) is 5.95. The van der Waals surface area contributed by atoms with Crippen LogP contribution in [0, 0.1) is 11.8 Å². The van der Waals surface area contributed by atoms with Crippen LogP contribution in [0.25, 0.3) is 0 Å². The summed E-state index contributed by atoms with van der Waals surface area (Å²) in [5, 5.41) is 0. The number of hydrogen-bond acceptors (Lipinski definition) is 1. The van der Waals surface area contributed by atoms with Gasteiger partial charge >= 0.3 is 0 Å². The van der Waals surface area contributed by atoms with Gasteiger partial charge < -0.3 is 4.90 Å². The predicted octanol–water partition coefficient (Wildman–Crippen LogP) is 4.53. The SMILES string of the molecule is CCC1CCC(N(C(=O)CC2CCCC2)C2CC2)CC1. The van der Waals surface area contributed by atoms with Crippen LogP contribution in [-0.2, 0) is 4.79 Å². The van der Waals surface area contributed by atoms with Gasteiger partial charge in [-0.25, -0.2) is 0 Å². The Bertz CT molecular complexity index is 322. The van der Waals surface area contributed by atoms with Crippen LogP contribution < -0.4 is 0 Å². The van der Waals surface area contributed by atoms with Gasteiger partial charge in [-0.15, -0.1) is 0 Å². The van der Waals surface area contributed by atoms with Gasteiger partial charge in [-0.2, -0.15) is 0 Å². The van der Waals surface area contributed by atoms with Gasteiger partial charge in [-0.05, 0) is 63.2 Å². The second-order valence-electron chi connectivity index (χ2n) is 7.47. The standard InChI is InChI=1S/C18H31NO/c1-2-14-7-9-16(10-8-14)19(17-11-12-17)18(20)13-15-5-3-4-6-15/h14-17H,2-13H2,1H3. The van der Waals surface area contributed by atoms with Crippen molar-refractivity contribution in [3.05, 3.63) is 0 Å². The van der Waals surface area contributed by atoms with Gasteiger partial charge in [0.15, 0.2) is 0 Å². The van der Waals surface area contributed by atoms with E-state index in [1.807, 2.05) is 0 Å². The van der Waals surface area contributed by atoms with Crippen LogP contribution in [0.5, 0.6) is 0 Å². The second-order valence-corrected chi connectivity index (χ2v) is 7.47. The first-order chi connectivity index (χ1) is 9.78. The highest BCUT2D eigenvalue weighted by atomic mass is 16.2. The van der Waals surface area contributed by atoms with Crippen molar-refractivity contribution >= 4 is 5.91 Å². The fourth-order valence-corrected chi connectivity index (χ4v) is 4.46. The Kier molecular flexibility index (Phi) is 4.68. The van der Waals surface area contributed by atoms with Gasteiger partial charge in [0.1, 0.15) is 0 Å². The monoisotopic (exact) mass is 277 g/mol. The fourth-order valence-electron chi connectivity index (χ4n) is 4.46. The summed E-state index contributed by atoms with van der Waals surface area (Å²) < 4.78 is 0. The lowest BCUT2D eigenvalue weighted by molar-refractivity contribution is -0.136. The third-order valence-electron chi connectivity index (χ3n) is 5.95. The minimum absolute atomic E-state index is 0.499. The van der Waals surface area contributed by atoms with Crippen molar-refractivity contribution in [3.8, 4) is 0 Å². The van der Waals surface area contributed by atoms with Crippen molar-refractivity contribution in [2.75, 3.05) is 0 Å². The smallest absolute Gasteiger partial charge is 0.223 e. The predicted molar refractivity (Wildman–Crippen MR) is 82.5 cm³/mol. The minimum atomic E-state index is 0.499. The van der Waals surface area contributed by atoms with Crippen LogP contribution in [0.4, 0.5) is 0 Å². The van der Waals surface area contributed by atoms with E-state index >= 15 is 0 Å². The Labute approximate surface area is 124 Å². The van der Waals surface area contributed by atoms with Crippen molar-refractivity contribution in [3.63, 3.8) is 0 Å². The Hall–Kier alpha value is -0.530. The average molecular weight is 277 g/mol. The van der Waals surface area contributed by atoms with Gasteiger partial charge in [-0.3, -0.25) is 4.79 Å². The molecule has 3 rings (SSSR count). The zero-order valence-corrected chi connectivity index (χ0v) is 13.2. The van der Waals surface area contributed by atoms with Crippen molar-refractivity contribution < 1.29 is 4.79 Å². The lowest BCUT2D eigenvalue weighted by Gasteiger charge is -2.37. The highest BCUT2D eigenvalue weighted by molar-refractivity contribution is 5.77. The molecule has 0 spiro atoms. The van der Waals surface area contributed by atoms with Gasteiger partial charge in [0.25, 0.3) is 0 Å². The molecule has 0 heterocycles. The van der Waals surface area contributed by atoms with Crippen LogP contribution in [0.15, 0.2) is 0 Å². The maximum Gasteiger partial charge on any atom is 0.223 e. The molecule has 0 radical (unpaired) electrons. The summed E-state index contributed by atoms with van der Waals surface area (Å²) in [6.45, 7) is 2.31. The van der Waals surface area contributed by atoms with Crippen LogP contribution in [-0.4, -0.2) is 22.9 Å². The molecule has 0 aromatic heterocycles. The van der Waals surface area contributed by atoms with Crippen LogP contribution in [0.1, 0.15) is 84.0 Å². The highest BCUT2D eigenvalue weighted by Gasteiger charge is 2.39. The molecule has 0 atom stereocenters. The molecular weight excluding hydrogens is 246 g/mol. The zero-order chi connectivity index (χ0) is 13.9. The number of rotatable bonds is 5. The highest BCUT2D eigenvalue weighted by Crippen LogP contribution is 2.38. The van der Waals surface area contributed by atoms with Crippen molar-refractivity contribution in [2.45, 2.75) is 96.1 Å². The van der Waals surface area contributed by atoms with E-state index in [2.05, 4.69) is 11.8 Å². The maximum atomic E-state index is 12.8. The largest absolute Gasteiger partial charge is 0.337 e. The lowest BCUT2D eigenvalue weighted by atomic mass is 9.83. The molecule has 0 bridgehead atoms. The molecule has 3 fully saturated rings. The molecule has 0 N–H and O–H groups in total. The fraction of sp³-hybridized carbons (Fsp3) is 0.944. The molecular formula is C18H31NO. The van der Waals surface area contributed by atoms with E-state index in [0.717, 1.165) is 12.3 Å². The van der Waals surface area contributed by atoms with Crippen LogP contribution >= 0.6 is 0 Å². The molecule has 2 nitrogen and oxygen atoms in total. The summed E-state index contributed by atoms with van der Waals surface area (Å²) in [6, 6.07) is 1.20. The molecule has 3 saturated carbocycles. The number of amides is 1. The first kappa shape index (κ1) is 14.4. The molecule has 0 saturated heterocycles. The molecule has 3 aliphatic rings. The van der Waals surface area contributed by atoms with Crippen molar-refractivity contribution in [1.82, 2.24) is 4.90 Å². The topological polar surface area (TPSA) is 20.3 Å². The maximum absolute atomic E-state index is 12.8. The number of carbonyl (C=O) groups excluding carboxylic acids is 1. The Morgan fingerprint density at radius 1 is 0.850 bits per heavy atom. The van der Waals surface area contributed by atoms with Crippen LogP contribution in [0.2, 0.25) is 0 Å². The van der Waals surface area contributed by atoms with E-state index in [-0.39, 0.29) is 0 Å². The first-order valence-corrected chi connectivity index (χ1v) is 9.09. The number of nitrogens with zero attached hydrogens (tertiary/aromatic N) is 1. The summed E-state index contributed by atoms with van der Waals surface area (Å²) in [4.78, 5) is 15.1. The zero-order valence-electron chi connectivity index (χ0n) is 13.2. The second kappa shape index (κ2) is 6.49. The van der Waals surface area contributed by atoms with E-state index in [0.29, 0.717) is 23.9 Å². The Balaban J connectivity index is 1.56. The quantitative estimate of drug-likeness (QED) is 0.723. The molecule has 1 amide bonds. The molecule has 0 unspecified atom stereocenters. The molecule has 0 aromatic rings. The van der Waals surface area contributed by atoms with Crippen molar-refractivity contribution in [1.29, 1.82) is 0 Å². The van der Waals surface area contributed by atoms with Gasteiger partial charge in [0.05, 0.1) is 0 Å². The molecule has 0 aromatic carbocycles. The molecule has 2 heteroatoms. The summed E-state index contributed by atoms with van der Waals surface area (Å²) >= 11 is 0. The molecule has 3 aliphatic carbocycles. The lowest BCUT2D eigenvalue weighted by Crippen LogP contribution is -2.44. The van der Waals surface area contributed by atoms with E-state index in [4.69, 9.17) is 0 Å². The summed E-state index contributed by atoms with van der Waals surface area (Å²) in [7, 11) is 0. The Morgan fingerprint density at radius 2 is 1.40 bits per heavy atom. The number of hydrogen-bond donors (Lipinski definition) is 0. The van der Waals surface area contributed by atoms with Crippen LogP contribution in [0.3, 0.4) is 0 Å². The van der Waals surface area contributed by atoms with E-state index in [9.17, 15) is 4.79 Å². The molecule has 114 valence electrons. The van der Waals surface area contributed by atoms with Gasteiger partial charge in [0, 0.05) is 18.5 Å².